The Morgan fingerprint density at radius 1 is 1.42 bits per heavy atom. The van der Waals surface area contributed by atoms with Crippen molar-refractivity contribution in [3.05, 3.63) is 12.1 Å². The Morgan fingerprint density at radius 2 is 2.21 bits per heavy atom. The van der Waals surface area contributed by atoms with Crippen LogP contribution in [-0.2, 0) is 0 Å². The van der Waals surface area contributed by atoms with Gasteiger partial charge in [-0.05, 0) is 45.2 Å². The number of nitrogen functional groups attached to an aromatic ring is 1. The van der Waals surface area contributed by atoms with Crippen LogP contribution in [0.3, 0.4) is 0 Å². The summed E-state index contributed by atoms with van der Waals surface area (Å²) in [6.07, 6.45) is 2.54. The second-order valence-electron chi connectivity index (χ2n) is 5.33. The van der Waals surface area contributed by atoms with E-state index in [2.05, 4.69) is 9.88 Å². The van der Waals surface area contributed by atoms with Crippen LogP contribution in [0.4, 0.5) is 11.5 Å². The van der Waals surface area contributed by atoms with Crippen molar-refractivity contribution >= 4 is 11.5 Å². The molecule has 0 radical (unpaired) electrons. The molecule has 106 valence electrons. The van der Waals surface area contributed by atoms with Gasteiger partial charge >= 0.3 is 0 Å². The second kappa shape index (κ2) is 5.65. The molecule has 5 nitrogen and oxygen atoms in total. The maximum Gasteiger partial charge on any atom is 0.239 e. The number of anilines is 2. The highest BCUT2D eigenvalue weighted by Gasteiger charge is 2.25. The van der Waals surface area contributed by atoms with Gasteiger partial charge in [0.15, 0.2) is 0 Å². The van der Waals surface area contributed by atoms with E-state index in [4.69, 9.17) is 10.5 Å². The van der Waals surface area contributed by atoms with Gasteiger partial charge in [0.1, 0.15) is 5.82 Å². The van der Waals surface area contributed by atoms with E-state index >= 15 is 0 Å². The first-order valence-electron chi connectivity index (χ1n) is 6.88. The average Bonchev–Trinajstić information content (AvgIpc) is 2.53. The lowest BCUT2D eigenvalue weighted by molar-refractivity contribution is 0.0481. The second-order valence-corrected chi connectivity index (χ2v) is 5.33. The van der Waals surface area contributed by atoms with E-state index in [0.717, 1.165) is 38.2 Å². The molecule has 1 aromatic rings. The summed E-state index contributed by atoms with van der Waals surface area (Å²) in [7, 11) is 0. The molecule has 1 saturated heterocycles. The fourth-order valence-corrected chi connectivity index (χ4v) is 2.36. The highest BCUT2D eigenvalue weighted by molar-refractivity contribution is 5.54. The van der Waals surface area contributed by atoms with Crippen LogP contribution < -0.4 is 15.4 Å². The predicted octanol–water partition coefficient (Wildman–Crippen LogP) is 1.80. The standard InChI is InChI=1S/C14H23N3O2/c1-3-19-13-11(15)5-6-12(16-13)17-9-4-7-14(2,18)8-10-17/h5-6,18H,3-4,7-10,15H2,1-2H3. The maximum atomic E-state index is 10.1. The van der Waals surface area contributed by atoms with E-state index in [1.807, 2.05) is 26.0 Å². The summed E-state index contributed by atoms with van der Waals surface area (Å²) in [4.78, 5) is 6.66. The van der Waals surface area contributed by atoms with Gasteiger partial charge in [-0.1, -0.05) is 0 Å². The SMILES string of the molecule is CCOc1nc(N2CCCC(C)(O)CC2)ccc1N. The van der Waals surface area contributed by atoms with E-state index in [-0.39, 0.29) is 0 Å². The third-order valence-electron chi connectivity index (χ3n) is 3.54. The number of hydrogen-bond acceptors (Lipinski definition) is 5. The number of ether oxygens (including phenoxy) is 1. The molecule has 0 aliphatic carbocycles. The molecule has 0 spiro atoms. The van der Waals surface area contributed by atoms with Crippen molar-refractivity contribution in [3.63, 3.8) is 0 Å². The van der Waals surface area contributed by atoms with Crippen LogP contribution in [0, 0.1) is 0 Å². The molecule has 0 aromatic carbocycles. The minimum absolute atomic E-state index is 0.496. The lowest BCUT2D eigenvalue weighted by Crippen LogP contribution is -2.28. The minimum Gasteiger partial charge on any atom is -0.476 e. The fourth-order valence-electron chi connectivity index (χ4n) is 2.36. The van der Waals surface area contributed by atoms with E-state index in [1.165, 1.54) is 0 Å². The first-order chi connectivity index (χ1) is 9.02. The molecule has 3 N–H and O–H groups in total. The van der Waals surface area contributed by atoms with Gasteiger partial charge in [0.2, 0.25) is 5.88 Å². The Balaban J connectivity index is 2.15. The van der Waals surface area contributed by atoms with Crippen molar-refractivity contribution in [2.75, 3.05) is 30.3 Å². The fraction of sp³-hybridized carbons (Fsp3) is 0.643. The lowest BCUT2D eigenvalue weighted by Gasteiger charge is -2.23. The van der Waals surface area contributed by atoms with Crippen molar-refractivity contribution in [2.24, 2.45) is 0 Å². The molecule has 1 aliphatic heterocycles. The van der Waals surface area contributed by atoms with E-state index in [9.17, 15) is 5.11 Å². The highest BCUT2D eigenvalue weighted by atomic mass is 16.5. The highest BCUT2D eigenvalue weighted by Crippen LogP contribution is 2.27. The summed E-state index contributed by atoms with van der Waals surface area (Å²) >= 11 is 0. The number of nitrogens with zero attached hydrogens (tertiary/aromatic N) is 2. The molecular weight excluding hydrogens is 242 g/mol. The van der Waals surface area contributed by atoms with Crippen molar-refractivity contribution < 1.29 is 9.84 Å². The number of aromatic nitrogens is 1. The van der Waals surface area contributed by atoms with Crippen molar-refractivity contribution in [2.45, 2.75) is 38.7 Å². The summed E-state index contributed by atoms with van der Waals surface area (Å²) in [5.41, 5.74) is 5.83. The summed E-state index contributed by atoms with van der Waals surface area (Å²) in [5, 5.41) is 10.1. The van der Waals surface area contributed by atoms with Gasteiger partial charge in [-0.2, -0.15) is 4.98 Å². The van der Waals surface area contributed by atoms with Gasteiger partial charge in [-0.15, -0.1) is 0 Å². The topological polar surface area (TPSA) is 71.6 Å². The van der Waals surface area contributed by atoms with Crippen LogP contribution in [0.1, 0.15) is 33.1 Å². The quantitative estimate of drug-likeness (QED) is 0.872. The summed E-state index contributed by atoms with van der Waals surface area (Å²) in [5.74, 6) is 1.37. The number of nitrogens with two attached hydrogens (primary N) is 1. The summed E-state index contributed by atoms with van der Waals surface area (Å²) in [6.45, 7) is 6.07. The molecular formula is C14H23N3O2. The summed E-state index contributed by atoms with van der Waals surface area (Å²) < 4.78 is 5.43. The molecule has 0 saturated carbocycles. The maximum absolute atomic E-state index is 10.1. The monoisotopic (exact) mass is 265 g/mol. The third-order valence-corrected chi connectivity index (χ3v) is 3.54. The van der Waals surface area contributed by atoms with Crippen molar-refractivity contribution in [3.8, 4) is 5.88 Å². The zero-order valence-corrected chi connectivity index (χ0v) is 11.7. The van der Waals surface area contributed by atoms with Crippen LogP contribution in [-0.4, -0.2) is 35.4 Å². The smallest absolute Gasteiger partial charge is 0.239 e. The van der Waals surface area contributed by atoms with Crippen molar-refractivity contribution in [1.29, 1.82) is 0 Å². The van der Waals surface area contributed by atoms with Gasteiger partial charge in [-0.25, -0.2) is 0 Å². The predicted molar refractivity (Wildman–Crippen MR) is 76.5 cm³/mol. The largest absolute Gasteiger partial charge is 0.476 e. The molecule has 1 fully saturated rings. The van der Waals surface area contributed by atoms with Gasteiger partial charge in [0.05, 0.1) is 17.9 Å². The molecule has 5 heteroatoms. The molecule has 0 amide bonds. The zero-order valence-electron chi connectivity index (χ0n) is 11.7. The van der Waals surface area contributed by atoms with Gasteiger partial charge in [0.25, 0.3) is 0 Å². The van der Waals surface area contributed by atoms with Crippen LogP contribution in [0.5, 0.6) is 5.88 Å². The van der Waals surface area contributed by atoms with Crippen LogP contribution >= 0.6 is 0 Å². The van der Waals surface area contributed by atoms with E-state index in [1.54, 1.807) is 0 Å². The Labute approximate surface area is 114 Å². The first kappa shape index (κ1) is 13.9. The Hall–Kier alpha value is -1.49. The molecule has 19 heavy (non-hydrogen) atoms. The van der Waals surface area contributed by atoms with Crippen LogP contribution in [0.25, 0.3) is 0 Å². The minimum atomic E-state index is -0.564. The molecule has 1 aliphatic rings. The number of pyridine rings is 1. The van der Waals surface area contributed by atoms with Gasteiger partial charge in [0, 0.05) is 13.1 Å². The number of aliphatic hydroxyl groups is 1. The van der Waals surface area contributed by atoms with E-state index < -0.39 is 5.60 Å². The molecule has 1 aromatic heterocycles. The average molecular weight is 265 g/mol. The van der Waals surface area contributed by atoms with Crippen LogP contribution in [0.15, 0.2) is 12.1 Å². The Kier molecular flexibility index (Phi) is 4.14. The molecule has 0 bridgehead atoms. The number of hydrogen-bond donors (Lipinski definition) is 2. The molecule has 2 rings (SSSR count). The molecule has 1 atom stereocenters. The van der Waals surface area contributed by atoms with E-state index in [0.29, 0.717) is 18.2 Å². The Morgan fingerprint density at radius 3 is 2.95 bits per heavy atom. The van der Waals surface area contributed by atoms with Gasteiger partial charge in [-0.3, -0.25) is 0 Å². The van der Waals surface area contributed by atoms with Crippen molar-refractivity contribution in [1.82, 2.24) is 4.98 Å². The lowest BCUT2D eigenvalue weighted by atomic mass is 9.98. The molecule has 1 unspecified atom stereocenters. The van der Waals surface area contributed by atoms with Gasteiger partial charge < -0.3 is 20.5 Å². The normalized spacial score (nSPS) is 24.1. The number of rotatable bonds is 3. The van der Waals surface area contributed by atoms with Crippen LogP contribution in [0.2, 0.25) is 0 Å². The molecule has 2 heterocycles. The third kappa shape index (κ3) is 3.50. The Bertz CT molecular complexity index is 435. The zero-order chi connectivity index (χ0) is 13.9. The summed E-state index contributed by atoms with van der Waals surface area (Å²) in [6, 6.07) is 3.74. The first-order valence-corrected chi connectivity index (χ1v) is 6.88.